The molecular weight excluding hydrogens is 250 g/mol. The Hall–Kier alpha value is -2.10. The molecule has 0 aliphatic carbocycles. The van der Waals surface area contributed by atoms with E-state index in [9.17, 15) is 4.79 Å². The predicted molar refractivity (Wildman–Crippen MR) is 82.1 cm³/mol. The van der Waals surface area contributed by atoms with Crippen LogP contribution in [0.2, 0.25) is 0 Å². The van der Waals surface area contributed by atoms with Gasteiger partial charge in [0.2, 0.25) is 0 Å². The number of aryl methyl sites for hydroxylation is 1. The summed E-state index contributed by atoms with van der Waals surface area (Å²) in [5, 5.41) is 3.20. The fourth-order valence-corrected chi connectivity index (χ4v) is 2.07. The number of hydrogen-bond donors (Lipinski definition) is 1. The molecule has 0 aliphatic rings. The van der Waals surface area contributed by atoms with Crippen LogP contribution in [-0.4, -0.2) is 9.55 Å². The van der Waals surface area contributed by atoms with Gasteiger partial charge in [-0.25, -0.2) is 4.98 Å². The fraction of sp³-hybridized carbons (Fsp3) is 0.375. The van der Waals surface area contributed by atoms with Gasteiger partial charge in [-0.3, -0.25) is 4.79 Å². The van der Waals surface area contributed by atoms with E-state index in [2.05, 4.69) is 41.5 Å². The summed E-state index contributed by atoms with van der Waals surface area (Å²) in [5.74, 6) is 0.397. The highest BCUT2D eigenvalue weighted by Crippen LogP contribution is 2.16. The van der Waals surface area contributed by atoms with E-state index in [1.807, 2.05) is 20.8 Å². The highest BCUT2D eigenvalue weighted by Gasteiger charge is 2.11. The minimum absolute atomic E-state index is 0.0406. The van der Waals surface area contributed by atoms with Gasteiger partial charge in [0, 0.05) is 18.4 Å². The van der Waals surface area contributed by atoms with Gasteiger partial charge in [-0.05, 0) is 33.3 Å². The summed E-state index contributed by atoms with van der Waals surface area (Å²) in [5.41, 5.74) is 2.28. The SMILES string of the molecule is Cc1ccc(C(C)Nc2nccn(C(C)C)c2=O)cc1. The third kappa shape index (κ3) is 3.07. The van der Waals surface area contributed by atoms with Gasteiger partial charge >= 0.3 is 0 Å². The van der Waals surface area contributed by atoms with Crippen molar-refractivity contribution in [3.63, 3.8) is 0 Å². The number of nitrogens with one attached hydrogen (secondary N) is 1. The largest absolute Gasteiger partial charge is 0.359 e. The second-order valence-corrected chi connectivity index (χ2v) is 5.36. The summed E-state index contributed by atoms with van der Waals surface area (Å²) in [4.78, 5) is 16.4. The molecule has 4 nitrogen and oxygen atoms in total. The van der Waals surface area contributed by atoms with Crippen LogP contribution in [0, 0.1) is 6.92 Å². The van der Waals surface area contributed by atoms with Crippen LogP contribution in [0.1, 0.15) is 44.0 Å². The lowest BCUT2D eigenvalue weighted by Crippen LogP contribution is -2.26. The van der Waals surface area contributed by atoms with E-state index < -0.39 is 0 Å². The lowest BCUT2D eigenvalue weighted by Gasteiger charge is -2.16. The van der Waals surface area contributed by atoms with Gasteiger partial charge in [0.05, 0.1) is 6.04 Å². The Morgan fingerprint density at radius 1 is 1.15 bits per heavy atom. The molecule has 106 valence electrons. The molecule has 0 radical (unpaired) electrons. The van der Waals surface area contributed by atoms with Crippen LogP contribution in [0.25, 0.3) is 0 Å². The van der Waals surface area contributed by atoms with Crippen molar-refractivity contribution < 1.29 is 0 Å². The quantitative estimate of drug-likeness (QED) is 0.928. The molecule has 4 heteroatoms. The summed E-state index contributed by atoms with van der Waals surface area (Å²) < 4.78 is 1.68. The average molecular weight is 271 g/mol. The molecule has 1 unspecified atom stereocenters. The molecule has 20 heavy (non-hydrogen) atoms. The Labute approximate surface area is 119 Å². The van der Waals surface area contributed by atoms with Crippen molar-refractivity contribution in [2.24, 2.45) is 0 Å². The van der Waals surface area contributed by atoms with E-state index >= 15 is 0 Å². The molecule has 0 spiro atoms. The van der Waals surface area contributed by atoms with E-state index in [4.69, 9.17) is 0 Å². The predicted octanol–water partition coefficient (Wildman–Crippen LogP) is 3.31. The number of aromatic nitrogens is 2. The molecule has 0 fully saturated rings. The molecule has 1 atom stereocenters. The number of hydrogen-bond acceptors (Lipinski definition) is 3. The lowest BCUT2D eigenvalue weighted by atomic mass is 10.1. The molecule has 0 aliphatic heterocycles. The normalized spacial score (nSPS) is 12.4. The second-order valence-electron chi connectivity index (χ2n) is 5.36. The van der Waals surface area contributed by atoms with Crippen LogP contribution in [-0.2, 0) is 0 Å². The van der Waals surface area contributed by atoms with Crippen molar-refractivity contribution in [2.75, 3.05) is 5.32 Å². The first-order valence-electron chi connectivity index (χ1n) is 6.89. The highest BCUT2D eigenvalue weighted by molar-refractivity contribution is 5.36. The monoisotopic (exact) mass is 271 g/mol. The molecule has 0 saturated heterocycles. The third-order valence-corrected chi connectivity index (χ3v) is 3.35. The van der Waals surface area contributed by atoms with E-state index in [1.54, 1.807) is 17.0 Å². The fourth-order valence-electron chi connectivity index (χ4n) is 2.07. The Balaban J connectivity index is 2.24. The molecule has 0 saturated carbocycles. The number of nitrogens with zero attached hydrogens (tertiary/aromatic N) is 2. The zero-order chi connectivity index (χ0) is 14.7. The summed E-state index contributed by atoms with van der Waals surface area (Å²) in [7, 11) is 0. The zero-order valence-corrected chi connectivity index (χ0v) is 12.4. The van der Waals surface area contributed by atoms with Crippen molar-refractivity contribution in [2.45, 2.75) is 39.8 Å². The van der Waals surface area contributed by atoms with Gasteiger partial charge in [0.15, 0.2) is 5.82 Å². The molecule has 0 bridgehead atoms. The lowest BCUT2D eigenvalue weighted by molar-refractivity contribution is 0.574. The van der Waals surface area contributed by atoms with Crippen LogP contribution in [0.15, 0.2) is 41.5 Å². The van der Waals surface area contributed by atoms with E-state index in [-0.39, 0.29) is 17.6 Å². The van der Waals surface area contributed by atoms with Crippen LogP contribution in [0.3, 0.4) is 0 Å². The molecule has 1 N–H and O–H groups in total. The van der Waals surface area contributed by atoms with Gasteiger partial charge in [0.1, 0.15) is 0 Å². The minimum Gasteiger partial charge on any atom is -0.359 e. The van der Waals surface area contributed by atoms with Crippen molar-refractivity contribution >= 4 is 5.82 Å². The Bertz CT molecular complexity index is 629. The van der Waals surface area contributed by atoms with E-state index in [1.165, 1.54) is 5.56 Å². The first kappa shape index (κ1) is 14.3. The summed E-state index contributed by atoms with van der Waals surface area (Å²) in [6.45, 7) is 8.05. The number of benzene rings is 1. The Kier molecular flexibility index (Phi) is 4.23. The van der Waals surface area contributed by atoms with Gasteiger partial charge in [-0.2, -0.15) is 0 Å². The van der Waals surface area contributed by atoms with Crippen LogP contribution in [0.5, 0.6) is 0 Å². The molecule has 2 rings (SSSR count). The first-order chi connectivity index (χ1) is 9.49. The van der Waals surface area contributed by atoms with E-state index in [0.29, 0.717) is 5.82 Å². The van der Waals surface area contributed by atoms with Crippen molar-refractivity contribution in [3.05, 3.63) is 58.1 Å². The maximum Gasteiger partial charge on any atom is 0.293 e. The van der Waals surface area contributed by atoms with Gasteiger partial charge in [-0.1, -0.05) is 29.8 Å². The number of anilines is 1. The van der Waals surface area contributed by atoms with Gasteiger partial charge < -0.3 is 9.88 Å². The summed E-state index contributed by atoms with van der Waals surface area (Å²) >= 11 is 0. The Morgan fingerprint density at radius 2 is 1.80 bits per heavy atom. The van der Waals surface area contributed by atoms with Crippen molar-refractivity contribution in [3.8, 4) is 0 Å². The van der Waals surface area contributed by atoms with Crippen LogP contribution < -0.4 is 10.9 Å². The van der Waals surface area contributed by atoms with Crippen molar-refractivity contribution in [1.82, 2.24) is 9.55 Å². The maximum absolute atomic E-state index is 12.3. The molecule has 1 aromatic heterocycles. The average Bonchev–Trinajstić information content (AvgIpc) is 2.41. The van der Waals surface area contributed by atoms with Crippen LogP contribution >= 0.6 is 0 Å². The number of rotatable bonds is 4. The van der Waals surface area contributed by atoms with Crippen molar-refractivity contribution in [1.29, 1.82) is 0 Å². The molecule has 1 aromatic carbocycles. The molecule has 0 amide bonds. The van der Waals surface area contributed by atoms with Gasteiger partial charge in [0.25, 0.3) is 5.56 Å². The second kappa shape index (κ2) is 5.90. The summed E-state index contributed by atoms with van der Waals surface area (Å²) in [6.07, 6.45) is 3.38. The van der Waals surface area contributed by atoms with Crippen LogP contribution in [0.4, 0.5) is 5.82 Å². The zero-order valence-electron chi connectivity index (χ0n) is 12.4. The van der Waals surface area contributed by atoms with E-state index in [0.717, 1.165) is 5.56 Å². The molecular formula is C16H21N3O. The Morgan fingerprint density at radius 3 is 2.40 bits per heavy atom. The van der Waals surface area contributed by atoms with Gasteiger partial charge in [-0.15, -0.1) is 0 Å². The maximum atomic E-state index is 12.3. The minimum atomic E-state index is -0.0820. The standard InChI is InChI=1S/C16H21N3O/c1-11(2)19-10-9-17-15(16(19)20)18-13(4)14-7-5-12(3)6-8-14/h5-11,13H,1-4H3,(H,17,18). The summed E-state index contributed by atoms with van der Waals surface area (Å²) in [6, 6.07) is 8.43. The smallest absolute Gasteiger partial charge is 0.293 e. The highest BCUT2D eigenvalue weighted by atomic mass is 16.1. The molecule has 1 heterocycles. The topological polar surface area (TPSA) is 46.9 Å². The first-order valence-corrected chi connectivity index (χ1v) is 6.89. The third-order valence-electron chi connectivity index (χ3n) is 3.35. The molecule has 2 aromatic rings.